The van der Waals surface area contributed by atoms with Crippen LogP contribution in [0.5, 0.6) is 0 Å². The van der Waals surface area contributed by atoms with Crippen molar-refractivity contribution < 1.29 is 4.79 Å². The molecule has 3 rings (SSSR count). The van der Waals surface area contributed by atoms with Crippen molar-refractivity contribution in [2.45, 2.75) is 39.0 Å². The van der Waals surface area contributed by atoms with Gasteiger partial charge in [-0.25, -0.2) is 4.98 Å². The Kier molecular flexibility index (Phi) is 5.13. The van der Waals surface area contributed by atoms with Crippen molar-refractivity contribution in [2.24, 2.45) is 7.05 Å². The highest BCUT2D eigenvalue weighted by Crippen LogP contribution is 2.23. The molecule has 0 aliphatic carbocycles. The molecule has 0 aliphatic heterocycles. The van der Waals surface area contributed by atoms with Gasteiger partial charge in [0.1, 0.15) is 5.82 Å². The molecule has 0 atom stereocenters. The molecule has 27 heavy (non-hydrogen) atoms. The van der Waals surface area contributed by atoms with Crippen molar-refractivity contribution in [3.05, 3.63) is 70.3 Å². The van der Waals surface area contributed by atoms with E-state index >= 15 is 0 Å². The number of nitrogens with one attached hydrogen (secondary N) is 1. The molecule has 140 valence electrons. The number of hydrogen-bond donors (Lipinski definition) is 1. The van der Waals surface area contributed by atoms with Gasteiger partial charge < -0.3 is 5.32 Å². The molecule has 1 aromatic heterocycles. The van der Waals surface area contributed by atoms with E-state index in [4.69, 9.17) is 0 Å². The smallest absolute Gasteiger partial charge is 0.261 e. The molecule has 0 bridgehead atoms. The summed E-state index contributed by atoms with van der Waals surface area (Å²) in [5, 5.41) is 3.50. The fraction of sp³-hybridized carbons (Fsp3) is 0.318. The molecule has 5 heteroatoms. The van der Waals surface area contributed by atoms with Gasteiger partial charge >= 0.3 is 0 Å². The number of rotatable bonds is 4. The van der Waals surface area contributed by atoms with Crippen molar-refractivity contribution in [1.82, 2.24) is 9.55 Å². The molecule has 3 aromatic rings. The Balaban J connectivity index is 1.68. The largest absolute Gasteiger partial charge is 0.326 e. The minimum atomic E-state index is -0.0964. The van der Waals surface area contributed by atoms with E-state index < -0.39 is 0 Å². The zero-order valence-electron chi connectivity index (χ0n) is 16.2. The molecule has 0 spiro atoms. The monoisotopic (exact) mass is 363 g/mol. The quantitative estimate of drug-likeness (QED) is 0.767. The number of carbonyl (C=O) groups excluding carboxylic acids is 1. The number of anilines is 1. The fourth-order valence-electron chi connectivity index (χ4n) is 2.99. The number of aromatic nitrogens is 2. The molecule has 1 heterocycles. The Hall–Kier alpha value is -2.95. The van der Waals surface area contributed by atoms with Crippen molar-refractivity contribution in [1.29, 1.82) is 0 Å². The van der Waals surface area contributed by atoms with Gasteiger partial charge in [-0.3, -0.25) is 14.2 Å². The lowest BCUT2D eigenvalue weighted by atomic mass is 9.87. The summed E-state index contributed by atoms with van der Waals surface area (Å²) in [7, 11) is 1.69. The standard InChI is InChI=1S/C22H25N3O2/c1-22(2,3)15-9-11-16(12-10-15)23-20(26)14-13-19-24-18-8-6-5-7-17(18)21(27)25(19)4/h5-12H,13-14H2,1-4H3,(H,23,26). The molecule has 0 saturated carbocycles. The summed E-state index contributed by atoms with van der Waals surface area (Å²) in [5.41, 5.74) is 2.64. The van der Waals surface area contributed by atoms with E-state index in [1.165, 1.54) is 10.1 Å². The predicted octanol–water partition coefficient (Wildman–Crippen LogP) is 3.80. The molecule has 0 fully saturated rings. The third-order valence-corrected chi connectivity index (χ3v) is 4.69. The summed E-state index contributed by atoms with van der Waals surface area (Å²) in [6.45, 7) is 6.46. The zero-order chi connectivity index (χ0) is 19.6. The molecule has 1 N–H and O–H groups in total. The van der Waals surface area contributed by atoms with Crippen molar-refractivity contribution >= 4 is 22.5 Å². The first-order valence-corrected chi connectivity index (χ1v) is 9.11. The van der Waals surface area contributed by atoms with Gasteiger partial charge in [-0.1, -0.05) is 45.0 Å². The van der Waals surface area contributed by atoms with Gasteiger partial charge in [0, 0.05) is 25.6 Å². The predicted molar refractivity (Wildman–Crippen MR) is 109 cm³/mol. The van der Waals surface area contributed by atoms with Crippen LogP contribution in [0.2, 0.25) is 0 Å². The second kappa shape index (κ2) is 7.35. The number of carbonyl (C=O) groups is 1. The van der Waals surface area contributed by atoms with Crippen LogP contribution in [-0.4, -0.2) is 15.5 Å². The van der Waals surface area contributed by atoms with Crippen LogP contribution >= 0.6 is 0 Å². The van der Waals surface area contributed by atoms with Gasteiger partial charge in [-0.2, -0.15) is 0 Å². The average Bonchev–Trinajstić information content (AvgIpc) is 2.63. The third kappa shape index (κ3) is 4.25. The highest BCUT2D eigenvalue weighted by atomic mass is 16.1. The molecular weight excluding hydrogens is 338 g/mol. The first kappa shape index (κ1) is 18.8. The summed E-state index contributed by atoms with van der Waals surface area (Å²) < 4.78 is 1.52. The van der Waals surface area contributed by atoms with Crippen molar-refractivity contribution in [3.63, 3.8) is 0 Å². The molecule has 0 saturated heterocycles. The summed E-state index contributed by atoms with van der Waals surface area (Å²) >= 11 is 0. The minimum Gasteiger partial charge on any atom is -0.326 e. The van der Waals surface area contributed by atoms with Gasteiger partial charge in [0.2, 0.25) is 5.91 Å². The molecule has 2 aromatic carbocycles. The SMILES string of the molecule is Cn1c(CCC(=O)Nc2ccc(C(C)(C)C)cc2)nc2ccccc2c1=O. The van der Waals surface area contributed by atoms with Gasteiger partial charge in [-0.15, -0.1) is 0 Å². The number of aryl methyl sites for hydroxylation is 1. The Morgan fingerprint density at radius 2 is 1.74 bits per heavy atom. The molecule has 1 amide bonds. The topological polar surface area (TPSA) is 64.0 Å². The lowest BCUT2D eigenvalue weighted by Gasteiger charge is -2.19. The van der Waals surface area contributed by atoms with E-state index in [0.29, 0.717) is 23.1 Å². The number of benzene rings is 2. The van der Waals surface area contributed by atoms with Gasteiger partial charge in [0.05, 0.1) is 10.9 Å². The fourth-order valence-corrected chi connectivity index (χ4v) is 2.99. The Labute approximate surface area is 159 Å². The molecule has 5 nitrogen and oxygen atoms in total. The van der Waals surface area contributed by atoms with E-state index in [1.54, 1.807) is 13.1 Å². The van der Waals surface area contributed by atoms with Crippen LogP contribution < -0.4 is 10.9 Å². The Morgan fingerprint density at radius 3 is 2.41 bits per heavy atom. The third-order valence-electron chi connectivity index (χ3n) is 4.69. The van der Waals surface area contributed by atoms with E-state index in [9.17, 15) is 9.59 Å². The number of fused-ring (bicyclic) bond motifs is 1. The summed E-state index contributed by atoms with van der Waals surface area (Å²) in [6, 6.07) is 15.2. The van der Waals surface area contributed by atoms with Crippen LogP contribution in [0.15, 0.2) is 53.3 Å². The van der Waals surface area contributed by atoms with Crippen LogP contribution in [0.3, 0.4) is 0 Å². The maximum Gasteiger partial charge on any atom is 0.261 e. The number of para-hydroxylation sites is 1. The number of amides is 1. The van der Waals surface area contributed by atoms with E-state index in [-0.39, 0.29) is 23.3 Å². The first-order valence-electron chi connectivity index (χ1n) is 9.11. The van der Waals surface area contributed by atoms with Crippen molar-refractivity contribution in [3.8, 4) is 0 Å². The summed E-state index contributed by atoms with van der Waals surface area (Å²) in [6.07, 6.45) is 0.669. The summed E-state index contributed by atoms with van der Waals surface area (Å²) in [5.74, 6) is 0.512. The van der Waals surface area contributed by atoms with Crippen LogP contribution in [0.25, 0.3) is 10.9 Å². The first-order chi connectivity index (χ1) is 12.8. The Morgan fingerprint density at radius 1 is 1.07 bits per heavy atom. The number of hydrogen-bond acceptors (Lipinski definition) is 3. The highest BCUT2D eigenvalue weighted by Gasteiger charge is 2.14. The van der Waals surface area contributed by atoms with E-state index in [1.807, 2.05) is 42.5 Å². The lowest BCUT2D eigenvalue weighted by Crippen LogP contribution is -2.23. The van der Waals surface area contributed by atoms with Crippen molar-refractivity contribution in [2.75, 3.05) is 5.32 Å². The molecule has 0 radical (unpaired) electrons. The molecule has 0 unspecified atom stereocenters. The maximum atomic E-state index is 12.4. The van der Waals surface area contributed by atoms with Crippen LogP contribution in [0.4, 0.5) is 5.69 Å². The number of nitrogens with zero attached hydrogens (tertiary/aromatic N) is 2. The highest BCUT2D eigenvalue weighted by molar-refractivity contribution is 5.90. The van der Waals surface area contributed by atoms with Crippen LogP contribution in [0.1, 0.15) is 38.6 Å². The van der Waals surface area contributed by atoms with Crippen LogP contribution in [0, 0.1) is 0 Å². The maximum absolute atomic E-state index is 12.4. The van der Waals surface area contributed by atoms with E-state index in [0.717, 1.165) is 5.69 Å². The Bertz CT molecular complexity index is 1030. The average molecular weight is 363 g/mol. The molecule has 0 aliphatic rings. The van der Waals surface area contributed by atoms with Crippen LogP contribution in [-0.2, 0) is 23.7 Å². The molecular formula is C22H25N3O2. The van der Waals surface area contributed by atoms with E-state index in [2.05, 4.69) is 31.1 Å². The normalized spacial score (nSPS) is 11.6. The minimum absolute atomic E-state index is 0.0785. The van der Waals surface area contributed by atoms with Gasteiger partial charge in [0.15, 0.2) is 0 Å². The van der Waals surface area contributed by atoms with Gasteiger partial charge in [0.25, 0.3) is 5.56 Å². The van der Waals surface area contributed by atoms with Gasteiger partial charge in [-0.05, 0) is 35.2 Å². The summed E-state index contributed by atoms with van der Waals surface area (Å²) in [4.78, 5) is 29.3. The second-order valence-corrected chi connectivity index (χ2v) is 7.78. The lowest BCUT2D eigenvalue weighted by molar-refractivity contribution is -0.116. The zero-order valence-corrected chi connectivity index (χ0v) is 16.2. The second-order valence-electron chi connectivity index (χ2n) is 7.78.